The largest absolute Gasteiger partial charge is 0.485 e. The first kappa shape index (κ1) is 20.6. The van der Waals surface area contributed by atoms with Crippen LogP contribution < -0.4 is 10.1 Å². The number of hydrogen-bond donors (Lipinski definition) is 1. The number of hydrogen-bond acceptors (Lipinski definition) is 5. The van der Waals surface area contributed by atoms with Crippen molar-refractivity contribution in [2.75, 3.05) is 5.32 Å². The Kier molecular flexibility index (Phi) is 8.52. The third-order valence-corrected chi connectivity index (χ3v) is 4.19. The van der Waals surface area contributed by atoms with Gasteiger partial charge in [0.25, 0.3) is 0 Å². The van der Waals surface area contributed by atoms with Gasteiger partial charge in [-0.15, -0.1) is 11.3 Å². The fourth-order valence-electron chi connectivity index (χ4n) is 2.20. The maximum absolute atomic E-state index is 6.01. The summed E-state index contributed by atoms with van der Waals surface area (Å²) in [4.78, 5) is 8.92. The third-order valence-electron chi connectivity index (χ3n) is 3.31. The van der Waals surface area contributed by atoms with Crippen LogP contribution in [0, 0.1) is 6.92 Å². The molecule has 0 aliphatic heterocycles. The summed E-state index contributed by atoms with van der Waals surface area (Å²) in [6, 6.07) is 12.1. The summed E-state index contributed by atoms with van der Waals surface area (Å²) in [5.41, 5.74) is 3.10. The molecule has 0 bridgehead atoms. The second-order valence-electron chi connectivity index (χ2n) is 6.02. The first-order valence-electron chi connectivity index (χ1n) is 9.14. The van der Waals surface area contributed by atoms with E-state index in [0.717, 1.165) is 22.0 Å². The summed E-state index contributed by atoms with van der Waals surface area (Å²) in [5.74, 6) is 1.39. The molecule has 5 heteroatoms. The minimum absolute atomic E-state index is 0.493. The van der Waals surface area contributed by atoms with Crippen molar-refractivity contribution in [2.24, 2.45) is 0 Å². The molecular weight excluding hydrogens is 354 g/mol. The van der Waals surface area contributed by atoms with Crippen molar-refractivity contribution in [1.82, 2.24) is 9.97 Å². The van der Waals surface area contributed by atoms with Gasteiger partial charge in [0, 0.05) is 11.6 Å². The molecule has 4 nitrogen and oxygen atoms in total. The molecule has 142 valence electrons. The Morgan fingerprint density at radius 3 is 2.56 bits per heavy atom. The first-order valence-corrected chi connectivity index (χ1v) is 10.0. The number of rotatable bonds is 6. The third kappa shape index (κ3) is 6.87. The quantitative estimate of drug-likeness (QED) is 0.521. The van der Waals surface area contributed by atoms with Crippen LogP contribution in [-0.4, -0.2) is 9.97 Å². The Bertz CT molecular complexity index is 844. The highest BCUT2D eigenvalue weighted by Gasteiger charge is 2.09. The van der Waals surface area contributed by atoms with Gasteiger partial charge in [0.15, 0.2) is 16.7 Å². The predicted octanol–water partition coefficient (Wildman–Crippen LogP) is 6.62. The zero-order valence-corrected chi connectivity index (χ0v) is 17.2. The molecule has 3 rings (SSSR count). The standard InChI is InChI=1S/C19H19N3OS.C3H8/c1-3-7-16-10-17(23-12-15-8-5-4-6-9-15)18(20-11-16)22-19-21-14(2)13-24-19;1-3-2/h3-11,13H,12H2,1-2H3,(H,20,21,22);3H2,1-2H3/b7-3-;. The van der Waals surface area contributed by atoms with E-state index in [1.54, 1.807) is 11.3 Å². The predicted molar refractivity (Wildman–Crippen MR) is 116 cm³/mol. The topological polar surface area (TPSA) is 47.0 Å². The molecule has 27 heavy (non-hydrogen) atoms. The molecule has 1 aromatic carbocycles. The molecule has 0 aliphatic rings. The Morgan fingerprint density at radius 2 is 1.93 bits per heavy atom. The minimum atomic E-state index is 0.493. The van der Waals surface area contributed by atoms with Crippen LogP contribution in [0.15, 0.2) is 54.1 Å². The molecule has 0 fully saturated rings. The number of ether oxygens (including phenoxy) is 1. The Hall–Kier alpha value is -2.66. The molecule has 0 spiro atoms. The minimum Gasteiger partial charge on any atom is -0.485 e. The molecule has 3 aromatic rings. The second-order valence-corrected chi connectivity index (χ2v) is 6.87. The number of nitrogens with one attached hydrogen (secondary N) is 1. The lowest BCUT2D eigenvalue weighted by Gasteiger charge is -2.12. The molecule has 0 atom stereocenters. The zero-order chi connectivity index (χ0) is 19.5. The lowest BCUT2D eigenvalue weighted by atomic mass is 10.2. The SMILES string of the molecule is C/C=C\c1cnc(Nc2nc(C)cs2)c(OCc2ccccc2)c1.CCC. The summed E-state index contributed by atoms with van der Waals surface area (Å²) < 4.78 is 6.01. The zero-order valence-electron chi connectivity index (χ0n) is 16.4. The van der Waals surface area contributed by atoms with Crippen LogP contribution >= 0.6 is 11.3 Å². The lowest BCUT2D eigenvalue weighted by molar-refractivity contribution is 0.307. The van der Waals surface area contributed by atoms with Gasteiger partial charge in [-0.25, -0.2) is 9.97 Å². The van der Waals surface area contributed by atoms with Gasteiger partial charge in [0.05, 0.1) is 5.69 Å². The average molecular weight is 382 g/mol. The van der Waals surface area contributed by atoms with Gasteiger partial charge in [0.1, 0.15) is 6.61 Å². The van der Waals surface area contributed by atoms with E-state index in [0.29, 0.717) is 18.2 Å². The monoisotopic (exact) mass is 381 g/mol. The number of anilines is 2. The Balaban J connectivity index is 0.000000817. The van der Waals surface area contributed by atoms with E-state index >= 15 is 0 Å². The molecule has 2 heterocycles. The van der Waals surface area contributed by atoms with Gasteiger partial charge in [0.2, 0.25) is 0 Å². The van der Waals surface area contributed by atoms with Crippen molar-refractivity contribution in [2.45, 2.75) is 40.7 Å². The van der Waals surface area contributed by atoms with E-state index < -0.39 is 0 Å². The molecular formula is C22H27N3OS. The van der Waals surface area contributed by atoms with E-state index in [1.807, 2.05) is 74.0 Å². The summed E-state index contributed by atoms with van der Waals surface area (Å²) in [6.45, 7) is 8.69. The molecule has 0 amide bonds. The van der Waals surface area contributed by atoms with Gasteiger partial charge in [-0.05, 0) is 31.0 Å². The summed E-state index contributed by atoms with van der Waals surface area (Å²) in [7, 11) is 0. The van der Waals surface area contributed by atoms with Crippen LogP contribution in [0.3, 0.4) is 0 Å². The van der Waals surface area contributed by atoms with Crippen LogP contribution in [0.25, 0.3) is 6.08 Å². The van der Waals surface area contributed by atoms with Crippen molar-refractivity contribution in [3.8, 4) is 5.75 Å². The number of aryl methyl sites for hydroxylation is 1. The highest BCUT2D eigenvalue weighted by atomic mass is 32.1. The van der Waals surface area contributed by atoms with Crippen molar-refractivity contribution in [1.29, 1.82) is 0 Å². The highest BCUT2D eigenvalue weighted by Crippen LogP contribution is 2.29. The number of thiazole rings is 1. The maximum Gasteiger partial charge on any atom is 0.188 e. The number of aromatic nitrogens is 2. The molecule has 0 unspecified atom stereocenters. The first-order chi connectivity index (χ1) is 13.2. The van der Waals surface area contributed by atoms with E-state index in [2.05, 4.69) is 29.1 Å². The van der Waals surface area contributed by atoms with Crippen LogP contribution in [0.2, 0.25) is 0 Å². The van der Waals surface area contributed by atoms with Gasteiger partial charge in [-0.1, -0.05) is 62.8 Å². The summed E-state index contributed by atoms with van der Waals surface area (Å²) in [6.07, 6.45) is 7.05. The van der Waals surface area contributed by atoms with Crippen LogP contribution in [0.4, 0.5) is 10.9 Å². The Labute approximate surface area is 166 Å². The summed E-state index contributed by atoms with van der Waals surface area (Å²) >= 11 is 1.55. The van der Waals surface area contributed by atoms with Crippen LogP contribution in [0.1, 0.15) is 44.0 Å². The van der Waals surface area contributed by atoms with E-state index in [4.69, 9.17) is 4.74 Å². The number of benzene rings is 1. The molecule has 1 N–H and O–H groups in total. The fraction of sp³-hybridized carbons (Fsp3) is 0.273. The van der Waals surface area contributed by atoms with Crippen molar-refractivity contribution in [3.05, 3.63) is 70.9 Å². The molecule has 0 saturated carbocycles. The number of pyridine rings is 1. The van der Waals surface area contributed by atoms with Gasteiger partial charge >= 0.3 is 0 Å². The van der Waals surface area contributed by atoms with E-state index in [9.17, 15) is 0 Å². The van der Waals surface area contributed by atoms with E-state index in [-0.39, 0.29) is 0 Å². The number of nitrogens with zero attached hydrogens (tertiary/aromatic N) is 2. The summed E-state index contributed by atoms with van der Waals surface area (Å²) in [5, 5.41) is 6.06. The molecule has 0 radical (unpaired) electrons. The normalized spacial score (nSPS) is 10.4. The fourth-order valence-corrected chi connectivity index (χ4v) is 2.88. The lowest BCUT2D eigenvalue weighted by Crippen LogP contribution is -2.01. The van der Waals surface area contributed by atoms with Gasteiger partial charge in [-0.3, -0.25) is 0 Å². The van der Waals surface area contributed by atoms with Crippen molar-refractivity contribution in [3.63, 3.8) is 0 Å². The molecule has 0 saturated heterocycles. The van der Waals surface area contributed by atoms with Crippen molar-refractivity contribution >= 4 is 28.4 Å². The Morgan fingerprint density at radius 1 is 1.19 bits per heavy atom. The van der Waals surface area contributed by atoms with Crippen LogP contribution in [0.5, 0.6) is 5.75 Å². The van der Waals surface area contributed by atoms with Gasteiger partial charge in [-0.2, -0.15) is 0 Å². The van der Waals surface area contributed by atoms with Crippen LogP contribution in [-0.2, 0) is 6.61 Å². The number of allylic oxidation sites excluding steroid dienone is 1. The smallest absolute Gasteiger partial charge is 0.188 e. The highest BCUT2D eigenvalue weighted by molar-refractivity contribution is 7.13. The second kappa shape index (κ2) is 11.1. The maximum atomic E-state index is 6.01. The average Bonchev–Trinajstić information content (AvgIpc) is 3.08. The van der Waals surface area contributed by atoms with Crippen molar-refractivity contribution < 1.29 is 4.74 Å². The molecule has 2 aromatic heterocycles. The van der Waals surface area contributed by atoms with Gasteiger partial charge < -0.3 is 10.1 Å². The van der Waals surface area contributed by atoms with E-state index in [1.165, 1.54) is 6.42 Å². The molecule has 0 aliphatic carbocycles.